The molecule has 0 aromatic heterocycles. The second-order valence-electron chi connectivity index (χ2n) is 36.7. The average molecular weight is 1900 g/mol. The summed E-state index contributed by atoms with van der Waals surface area (Å²) >= 11 is 14.6. The van der Waals surface area contributed by atoms with Crippen LogP contribution in [0, 0.1) is 29.6 Å². The van der Waals surface area contributed by atoms with Gasteiger partial charge in [0, 0.05) is 54.8 Å². The summed E-state index contributed by atoms with van der Waals surface area (Å²) in [6, 6.07) is -2.79. The smallest absolute Gasteiger partial charge is 0.321 e. The lowest BCUT2D eigenvalue weighted by atomic mass is 9.54. The van der Waals surface area contributed by atoms with Crippen LogP contribution in [0.25, 0.3) is 11.1 Å². The molecule has 7 fully saturated rings. The number of benzene rings is 5. The number of carbonyl (C=O) groups is 9. The number of phenolic OH excluding ortho intramolecular Hbond substituents is 3. The van der Waals surface area contributed by atoms with Gasteiger partial charge in [-0.3, -0.25) is 43.7 Å². The number of nitrogens with one attached hydrogen (secondary N) is 12. The number of unbranched alkanes of at least 4 members (excludes halogenated alkanes) is 4. The maximum Gasteiger partial charge on any atom is 0.321 e. The molecule has 0 unspecified atom stereocenters. The lowest BCUT2D eigenvalue weighted by molar-refractivity contribution is -0.333. The minimum absolute atomic E-state index is 0.000748. The lowest BCUT2D eigenvalue weighted by Crippen LogP contribution is -2.64. The molecule has 12 aliphatic rings. The monoisotopic (exact) mass is 1900 g/mol. The molecule has 18 atom stereocenters. The van der Waals surface area contributed by atoms with Crippen molar-refractivity contribution >= 4 is 86.5 Å². The van der Waals surface area contributed by atoms with E-state index in [1.54, 1.807) is 0 Å². The molecule has 5 saturated carbocycles. The van der Waals surface area contributed by atoms with Gasteiger partial charge < -0.3 is 133 Å². The Labute approximate surface area is 771 Å². The summed E-state index contributed by atoms with van der Waals surface area (Å²) in [4.78, 5) is 139. The zero-order valence-corrected chi connectivity index (χ0v) is 76.0. The van der Waals surface area contributed by atoms with Crippen molar-refractivity contribution in [2.24, 2.45) is 35.3 Å². The standard InChI is InChI=1S/C90H117Cl2N13O26S/c1-7-8-9-10-11-22-132(124,125)96-21-20-95-37-52-58(108)34-51-66(75(52)112)50-29-43(12-17-57(50)107)68-83(118)105-72(87(122)103-70(51)85(120)100-67-46-25-41-24-42(27-46)28-47(67)26-41)74(111)45-14-19-60(54(92)31-45)128-62-33-48-32-61(78(62)131-88-79(77(114)76(113)63(38-106)129-88)130-65-36-90(5,93)80(115)40(4)126-65)127-59-18-13-44(30-53(59)91)73(110)71(104-81(116)55(94-6)23-39(2)3)86(121)98-56(82(117)101-69(48)84(119)102-68)35-64(109)99-89(123)97-49-15-16-49/h12-14,17-19,29-34,39-42,46-47,49,55-56,63,65,67-74,76-77,79-80,88,94-96,106-108,110-115H,7-11,15-16,20-28,35-38,93H2,1-6H3,(H,98,121)(H,100,120)(H,101,117)(H,102,119)(H,103,122)(H,104,116)(H,105,118)(H2,97,99,109,123)/t40-,41?,42?,46?,47?,55+,56-,63+,65-,67?,68+,69+,70-,71+,72-,73+,74+,76+,77-,79+,80+,88-,90-/m0/s1. The Hall–Kier alpha value is -9.86. The Balaban J connectivity index is 0.958. The van der Waals surface area contributed by atoms with Crippen molar-refractivity contribution in [3.8, 4) is 57.1 Å². The fourth-order valence-corrected chi connectivity index (χ4v) is 20.8. The van der Waals surface area contributed by atoms with Crippen LogP contribution in [0.4, 0.5) is 4.79 Å². The molecule has 10 amide bonds. The van der Waals surface area contributed by atoms with Crippen LogP contribution < -0.4 is 83.2 Å². The predicted octanol–water partition coefficient (Wildman–Crippen LogP) is 3.44. The number of phenols is 3. The number of hydrogen-bond donors (Lipinski definition) is 22. The minimum atomic E-state index is -3.76. The van der Waals surface area contributed by atoms with Gasteiger partial charge in [0.15, 0.2) is 23.9 Å². The molecule has 5 aliphatic carbocycles. The van der Waals surface area contributed by atoms with Crippen LogP contribution in [0.3, 0.4) is 0 Å². The molecular weight excluding hydrogens is 1780 g/mol. The van der Waals surface area contributed by atoms with Crippen LogP contribution in [-0.2, 0) is 69.1 Å². The van der Waals surface area contributed by atoms with Gasteiger partial charge in [-0.05, 0) is 191 Å². The highest BCUT2D eigenvalue weighted by Gasteiger charge is 2.54. The fraction of sp³-hybridized carbons (Fsp3) is 0.567. The largest absolute Gasteiger partial charge is 0.507 e. The number of imide groups is 1. The highest BCUT2D eigenvalue weighted by molar-refractivity contribution is 7.89. The van der Waals surface area contributed by atoms with Crippen LogP contribution in [-0.4, -0.2) is 231 Å². The van der Waals surface area contributed by atoms with E-state index >= 15 is 28.8 Å². The van der Waals surface area contributed by atoms with Gasteiger partial charge in [-0.25, -0.2) is 17.9 Å². The van der Waals surface area contributed by atoms with Crippen molar-refractivity contribution in [2.45, 2.75) is 259 Å². The molecule has 7 aliphatic heterocycles. The van der Waals surface area contributed by atoms with Gasteiger partial charge in [0.1, 0.15) is 95.5 Å². The summed E-state index contributed by atoms with van der Waals surface area (Å²) in [5.74, 6) is -14.4. The third-order valence-corrected chi connectivity index (χ3v) is 28.3. The van der Waals surface area contributed by atoms with Crippen LogP contribution in [0.5, 0.6) is 46.0 Å². The summed E-state index contributed by atoms with van der Waals surface area (Å²) < 4.78 is 68.0. The van der Waals surface area contributed by atoms with E-state index in [9.17, 15) is 68.8 Å². The van der Waals surface area contributed by atoms with E-state index in [0.717, 1.165) is 99.9 Å². The first-order valence-corrected chi connectivity index (χ1v) is 47.2. The number of nitrogens with two attached hydrogens (primary N) is 1. The van der Waals surface area contributed by atoms with Crippen molar-refractivity contribution in [3.63, 3.8) is 0 Å². The van der Waals surface area contributed by atoms with E-state index in [4.69, 9.17) is 57.4 Å². The maximum atomic E-state index is 16.8. The number of aromatic hydroxyl groups is 3. The molecule has 39 nitrogen and oxygen atoms in total. The number of carbonyl (C=O) groups excluding carboxylic acids is 9. The van der Waals surface area contributed by atoms with Gasteiger partial charge in [0.2, 0.25) is 69.3 Å². The highest BCUT2D eigenvalue weighted by Crippen LogP contribution is 2.55. The van der Waals surface area contributed by atoms with Gasteiger partial charge in [-0.1, -0.05) is 87.9 Å². The quantitative estimate of drug-likeness (QED) is 0.0335. The van der Waals surface area contributed by atoms with Gasteiger partial charge in [0.05, 0.1) is 52.6 Å². The normalized spacial score (nSPS) is 30.1. The summed E-state index contributed by atoms with van der Waals surface area (Å²) in [5, 5.41) is 138. The first-order chi connectivity index (χ1) is 62.8. The number of sulfonamides is 1. The highest BCUT2D eigenvalue weighted by atomic mass is 35.5. The van der Waals surface area contributed by atoms with Gasteiger partial charge in [-0.15, -0.1) is 0 Å². The molecule has 132 heavy (non-hydrogen) atoms. The number of fused-ring (bicyclic) bond motifs is 15. The molecule has 7 heterocycles. The van der Waals surface area contributed by atoms with Crippen molar-refractivity contribution in [2.75, 3.05) is 32.5 Å². The number of ether oxygens (including phenoxy) is 6. The molecule has 17 rings (SSSR count). The van der Waals surface area contributed by atoms with Gasteiger partial charge >= 0.3 is 6.03 Å². The molecule has 0 radical (unpaired) electrons. The van der Waals surface area contributed by atoms with E-state index in [0.29, 0.717) is 37.5 Å². The van der Waals surface area contributed by atoms with E-state index in [2.05, 4.69) is 63.2 Å². The van der Waals surface area contributed by atoms with Crippen molar-refractivity contribution < 1.29 is 126 Å². The molecule has 23 N–H and O–H groups in total. The number of halogens is 2. The summed E-state index contributed by atoms with van der Waals surface area (Å²) in [7, 11) is -2.29. The summed E-state index contributed by atoms with van der Waals surface area (Å²) in [6.07, 6.45) is -9.89. The van der Waals surface area contributed by atoms with E-state index < -0.39 is 260 Å². The molecule has 5 aromatic carbocycles. The van der Waals surface area contributed by atoms with Crippen LogP contribution in [0.2, 0.25) is 10.0 Å². The first-order valence-electron chi connectivity index (χ1n) is 44.8. The minimum Gasteiger partial charge on any atom is -0.507 e. The number of aliphatic hydroxyl groups excluding tert-OH is 6. The van der Waals surface area contributed by atoms with Gasteiger partial charge in [-0.2, -0.15) is 0 Å². The van der Waals surface area contributed by atoms with Crippen LogP contribution >= 0.6 is 23.2 Å². The van der Waals surface area contributed by atoms with Crippen molar-refractivity contribution in [1.82, 2.24) is 63.2 Å². The fourth-order valence-electron chi connectivity index (χ4n) is 19.2. The summed E-state index contributed by atoms with van der Waals surface area (Å²) in [5.41, 5.74) is 2.32. The number of rotatable bonds is 27. The molecule has 15 bridgehead atoms. The molecule has 5 aromatic rings. The van der Waals surface area contributed by atoms with E-state index in [1.807, 2.05) is 20.8 Å². The molecule has 0 spiro atoms. The van der Waals surface area contributed by atoms with E-state index in [-0.39, 0.29) is 94.1 Å². The lowest BCUT2D eigenvalue weighted by Gasteiger charge is -2.54. The number of aliphatic hydroxyl groups is 6. The Morgan fingerprint density at radius 3 is 1.93 bits per heavy atom. The Bertz CT molecular complexity index is 5260. The average Bonchev–Trinajstić information content (AvgIpc) is 1.02. The zero-order chi connectivity index (χ0) is 94.8. The summed E-state index contributed by atoms with van der Waals surface area (Å²) in [6.45, 7) is 7.01. The van der Waals surface area contributed by atoms with Crippen molar-refractivity contribution in [3.05, 3.63) is 116 Å². The van der Waals surface area contributed by atoms with Crippen LogP contribution in [0.1, 0.15) is 195 Å². The number of likely N-dealkylation sites (N-methyl/N-ethyl adjacent to an activating group) is 1. The number of urea groups is 1. The number of amides is 10. The predicted molar refractivity (Wildman–Crippen MR) is 473 cm³/mol. The Morgan fingerprint density at radius 1 is 0.682 bits per heavy atom. The van der Waals surface area contributed by atoms with E-state index in [1.165, 1.54) is 45.2 Å². The topological polar surface area (TPSA) is 596 Å². The third-order valence-electron chi connectivity index (χ3n) is 26.2. The second-order valence-corrected chi connectivity index (χ2v) is 39.5. The molecule has 42 heteroatoms. The van der Waals surface area contributed by atoms with Crippen molar-refractivity contribution in [1.29, 1.82) is 0 Å². The SMILES string of the molecule is CCCCCCCS(=O)(=O)NCCNCc1c(O)cc2c(c1O)-c1cc(ccc1O)[C@H]1NC(=O)[C@@H]3NC(=O)[C@H](CC(=O)NC(=O)NC4CC4)NC(=O)[C@H](NC(=O)[C@@H](CC(C)C)NC)[C@H](O)c4ccc(c(Cl)c4)Oc4cc3cc(c4O[C@@H]3O[C@H](CO)[C@@H](O)[C@H](O)[C@H]3O[C@H]3C[C@](C)(N)[C@H](O)[C@H](C)O3)Oc3ccc(cc3Cl)[C@@H](O)[C@H](NC1=O)C(=O)N[C@@H]2C(=O)NC1C2CC3CC(C2)CC1C3. The van der Waals surface area contributed by atoms with Gasteiger partial charge in [0.25, 0.3) is 0 Å². The molecule has 2 saturated heterocycles. The maximum absolute atomic E-state index is 16.8. The third kappa shape index (κ3) is 22.4. The number of hydrogen-bond acceptors (Lipinski definition) is 29. The second kappa shape index (κ2) is 41.5. The zero-order valence-electron chi connectivity index (χ0n) is 73.6. The molecule has 718 valence electrons. The Morgan fingerprint density at radius 2 is 1.31 bits per heavy atom. The molecular formula is C90H117Cl2N13O26S. The first kappa shape index (κ1) is 98.1. The van der Waals surface area contributed by atoms with Crippen LogP contribution in [0.15, 0.2) is 72.8 Å². The Kier molecular flexibility index (Phi) is 30.9.